The van der Waals surface area contributed by atoms with Gasteiger partial charge in [-0.05, 0) is 26.2 Å². The van der Waals surface area contributed by atoms with Gasteiger partial charge < -0.3 is 10.0 Å². The SMILES string of the molecule is Cc1sc(C2=C(O)C(C)N(CCC(C)C)C2=N)nc1-c1ccccc1. The molecule has 1 aromatic carbocycles. The average molecular weight is 356 g/mol. The highest BCUT2D eigenvalue weighted by atomic mass is 32.1. The van der Waals surface area contributed by atoms with Crippen LogP contribution in [0, 0.1) is 18.3 Å². The molecule has 0 bridgehead atoms. The summed E-state index contributed by atoms with van der Waals surface area (Å²) in [6.07, 6.45) is 0.999. The maximum Gasteiger partial charge on any atom is 0.135 e. The van der Waals surface area contributed by atoms with E-state index in [0.29, 0.717) is 17.3 Å². The second kappa shape index (κ2) is 7.00. The Morgan fingerprint density at radius 3 is 2.60 bits per heavy atom. The van der Waals surface area contributed by atoms with Crippen molar-refractivity contribution < 1.29 is 5.11 Å². The Labute approximate surface area is 153 Å². The minimum atomic E-state index is -0.161. The van der Waals surface area contributed by atoms with Gasteiger partial charge in [0, 0.05) is 17.0 Å². The Hall–Kier alpha value is -2.14. The van der Waals surface area contributed by atoms with E-state index in [-0.39, 0.29) is 11.8 Å². The molecule has 0 spiro atoms. The van der Waals surface area contributed by atoms with Crippen molar-refractivity contribution in [2.75, 3.05) is 6.54 Å². The lowest BCUT2D eigenvalue weighted by molar-refractivity contribution is 0.275. The summed E-state index contributed by atoms with van der Waals surface area (Å²) in [4.78, 5) is 7.84. The third kappa shape index (κ3) is 3.33. The Morgan fingerprint density at radius 1 is 1.28 bits per heavy atom. The predicted octanol–water partition coefficient (Wildman–Crippen LogP) is 5.12. The molecule has 0 saturated carbocycles. The van der Waals surface area contributed by atoms with Crippen LogP contribution in [0.5, 0.6) is 0 Å². The van der Waals surface area contributed by atoms with Gasteiger partial charge in [0.25, 0.3) is 0 Å². The molecule has 0 radical (unpaired) electrons. The van der Waals surface area contributed by atoms with Crippen LogP contribution in [0.25, 0.3) is 16.8 Å². The van der Waals surface area contributed by atoms with Gasteiger partial charge >= 0.3 is 0 Å². The first-order valence-corrected chi connectivity index (χ1v) is 9.53. The molecule has 132 valence electrons. The number of aliphatic hydroxyl groups is 1. The van der Waals surface area contributed by atoms with Gasteiger partial charge in [0.1, 0.15) is 16.6 Å². The van der Waals surface area contributed by atoms with E-state index < -0.39 is 0 Å². The second-order valence-corrected chi connectivity index (χ2v) is 8.15. The Morgan fingerprint density at radius 2 is 1.96 bits per heavy atom. The van der Waals surface area contributed by atoms with E-state index in [1.165, 1.54) is 0 Å². The maximum absolute atomic E-state index is 10.7. The molecule has 2 heterocycles. The van der Waals surface area contributed by atoms with Crippen molar-refractivity contribution >= 4 is 22.7 Å². The summed E-state index contributed by atoms with van der Waals surface area (Å²) in [5.41, 5.74) is 2.59. The van der Waals surface area contributed by atoms with E-state index >= 15 is 0 Å². The van der Waals surface area contributed by atoms with Crippen LogP contribution in [0.1, 0.15) is 37.1 Å². The topological polar surface area (TPSA) is 60.2 Å². The zero-order valence-electron chi connectivity index (χ0n) is 15.2. The summed E-state index contributed by atoms with van der Waals surface area (Å²) in [6.45, 7) is 9.13. The number of nitrogens with one attached hydrogen (secondary N) is 1. The van der Waals surface area contributed by atoms with Gasteiger partial charge in [0.15, 0.2) is 0 Å². The van der Waals surface area contributed by atoms with Gasteiger partial charge in [-0.3, -0.25) is 5.41 Å². The Balaban J connectivity index is 1.93. The van der Waals surface area contributed by atoms with Crippen molar-refractivity contribution in [3.8, 4) is 11.3 Å². The summed E-state index contributed by atoms with van der Waals surface area (Å²) >= 11 is 1.55. The third-order valence-electron chi connectivity index (χ3n) is 4.65. The molecule has 4 nitrogen and oxygen atoms in total. The molecule has 1 aromatic heterocycles. The molecule has 0 amide bonds. The molecular formula is C20H25N3OS. The normalized spacial score (nSPS) is 17.9. The monoisotopic (exact) mass is 355 g/mol. The molecule has 2 aromatic rings. The lowest BCUT2D eigenvalue weighted by Crippen LogP contribution is -2.34. The van der Waals surface area contributed by atoms with Crippen LogP contribution in [-0.2, 0) is 0 Å². The van der Waals surface area contributed by atoms with Gasteiger partial charge in [-0.25, -0.2) is 4.98 Å². The van der Waals surface area contributed by atoms with Crippen molar-refractivity contribution in [1.82, 2.24) is 9.88 Å². The van der Waals surface area contributed by atoms with Crippen molar-refractivity contribution in [3.05, 3.63) is 46.0 Å². The molecule has 0 fully saturated rings. The molecule has 25 heavy (non-hydrogen) atoms. The zero-order chi connectivity index (χ0) is 18.1. The first kappa shape index (κ1) is 17.7. The number of hydrogen-bond acceptors (Lipinski definition) is 4. The number of rotatable bonds is 5. The number of benzene rings is 1. The van der Waals surface area contributed by atoms with Crippen molar-refractivity contribution in [2.45, 2.75) is 40.2 Å². The molecule has 0 saturated heterocycles. The van der Waals surface area contributed by atoms with Crippen LogP contribution >= 0.6 is 11.3 Å². The van der Waals surface area contributed by atoms with E-state index in [1.807, 2.05) is 49.1 Å². The van der Waals surface area contributed by atoms with E-state index in [4.69, 9.17) is 10.4 Å². The van der Waals surface area contributed by atoms with Gasteiger partial charge in [-0.2, -0.15) is 0 Å². The number of thiazole rings is 1. The molecule has 3 rings (SSSR count). The largest absolute Gasteiger partial charge is 0.509 e. The summed E-state index contributed by atoms with van der Waals surface area (Å²) in [5.74, 6) is 1.22. The van der Waals surface area contributed by atoms with Gasteiger partial charge in [0.2, 0.25) is 0 Å². The number of aliphatic hydroxyl groups excluding tert-OH is 1. The first-order valence-electron chi connectivity index (χ1n) is 8.72. The molecule has 2 N–H and O–H groups in total. The van der Waals surface area contributed by atoms with Crippen LogP contribution < -0.4 is 0 Å². The molecular weight excluding hydrogens is 330 g/mol. The summed E-state index contributed by atoms with van der Waals surface area (Å²) in [7, 11) is 0. The minimum Gasteiger partial charge on any atom is -0.509 e. The van der Waals surface area contributed by atoms with Gasteiger partial charge in [-0.15, -0.1) is 11.3 Å². The van der Waals surface area contributed by atoms with Crippen LogP contribution in [0.4, 0.5) is 0 Å². The standard InChI is InChI=1S/C20H25N3OS/c1-12(2)10-11-23-13(3)18(24)16(19(23)21)20-22-17(14(4)25-20)15-8-6-5-7-9-15/h5-9,12-13,21,24H,10-11H2,1-4H3. The van der Waals surface area contributed by atoms with Gasteiger partial charge in [-0.1, -0.05) is 44.2 Å². The van der Waals surface area contributed by atoms with E-state index in [0.717, 1.165) is 34.1 Å². The summed E-state index contributed by atoms with van der Waals surface area (Å²) in [5, 5.41) is 20.0. The zero-order valence-corrected chi connectivity index (χ0v) is 16.0. The smallest absolute Gasteiger partial charge is 0.135 e. The van der Waals surface area contributed by atoms with Gasteiger partial charge in [0.05, 0.1) is 17.3 Å². The molecule has 1 unspecified atom stereocenters. The number of amidine groups is 1. The molecule has 1 aliphatic heterocycles. The average Bonchev–Trinajstić information content (AvgIpc) is 3.05. The quantitative estimate of drug-likeness (QED) is 0.783. The van der Waals surface area contributed by atoms with Crippen molar-refractivity contribution in [1.29, 1.82) is 5.41 Å². The number of nitrogens with zero attached hydrogens (tertiary/aromatic N) is 2. The minimum absolute atomic E-state index is 0.161. The molecule has 1 atom stereocenters. The van der Waals surface area contributed by atoms with Crippen LogP contribution in [0.15, 0.2) is 36.1 Å². The number of aryl methyl sites for hydroxylation is 1. The Bertz CT molecular complexity index is 808. The van der Waals surface area contributed by atoms with Crippen molar-refractivity contribution in [2.24, 2.45) is 5.92 Å². The second-order valence-electron chi connectivity index (χ2n) is 6.95. The fraction of sp³-hybridized carbons (Fsp3) is 0.400. The Kier molecular flexibility index (Phi) is 4.95. The fourth-order valence-electron chi connectivity index (χ4n) is 3.10. The molecule has 0 aliphatic carbocycles. The third-order valence-corrected chi connectivity index (χ3v) is 5.64. The molecule has 5 heteroatoms. The van der Waals surface area contributed by atoms with Crippen LogP contribution in [-0.4, -0.2) is 33.4 Å². The highest BCUT2D eigenvalue weighted by molar-refractivity contribution is 7.13. The highest BCUT2D eigenvalue weighted by Gasteiger charge is 2.36. The fourth-order valence-corrected chi connectivity index (χ4v) is 4.09. The van der Waals surface area contributed by atoms with Crippen molar-refractivity contribution in [3.63, 3.8) is 0 Å². The first-order chi connectivity index (χ1) is 11.9. The summed E-state index contributed by atoms with van der Waals surface area (Å²) in [6, 6.07) is 9.90. The lowest BCUT2D eigenvalue weighted by atomic mass is 10.1. The van der Waals surface area contributed by atoms with Crippen LogP contribution in [0.3, 0.4) is 0 Å². The maximum atomic E-state index is 10.7. The lowest BCUT2D eigenvalue weighted by Gasteiger charge is -2.24. The van der Waals surface area contributed by atoms with Crippen LogP contribution in [0.2, 0.25) is 0 Å². The number of aromatic nitrogens is 1. The van der Waals surface area contributed by atoms with E-state index in [2.05, 4.69) is 13.8 Å². The van der Waals surface area contributed by atoms with E-state index in [1.54, 1.807) is 11.3 Å². The number of hydrogen-bond donors (Lipinski definition) is 2. The summed E-state index contributed by atoms with van der Waals surface area (Å²) < 4.78 is 0. The van der Waals surface area contributed by atoms with E-state index in [9.17, 15) is 5.11 Å². The highest BCUT2D eigenvalue weighted by Crippen LogP contribution is 2.37. The predicted molar refractivity (Wildman–Crippen MR) is 105 cm³/mol. The molecule has 1 aliphatic rings.